The zero-order valence-corrected chi connectivity index (χ0v) is 66.6. The quantitative estimate of drug-likeness (QED) is 0.0850. The van der Waals surface area contributed by atoms with Crippen LogP contribution in [0.4, 0.5) is 22.7 Å². The molecule has 2 N–H and O–H groups in total. The van der Waals surface area contributed by atoms with E-state index in [0.29, 0.717) is 0 Å². The van der Waals surface area contributed by atoms with Gasteiger partial charge >= 0.3 is 0 Å². The van der Waals surface area contributed by atoms with E-state index in [0.717, 1.165) is 130 Å². The van der Waals surface area contributed by atoms with Crippen molar-refractivity contribution >= 4 is 110 Å². The Morgan fingerprint density at radius 3 is 0.537 bits per heavy atom. The normalized spacial score (nSPS) is 12.5. The molecule has 20 nitrogen and oxygen atoms in total. The van der Waals surface area contributed by atoms with Gasteiger partial charge in [-0.15, -0.1) is 0 Å². The summed E-state index contributed by atoms with van der Waals surface area (Å²) in [5.41, 5.74) is 24.6. The van der Waals surface area contributed by atoms with E-state index < -0.39 is 40.5 Å². The third kappa shape index (κ3) is 21.2. The van der Waals surface area contributed by atoms with Crippen LogP contribution in [0.3, 0.4) is 0 Å². The van der Waals surface area contributed by atoms with Gasteiger partial charge in [0.05, 0.1) is 127 Å². The molecule has 11 aromatic rings. The van der Waals surface area contributed by atoms with Crippen LogP contribution in [-0.4, -0.2) is 156 Å². The van der Waals surface area contributed by atoms with Crippen LogP contribution in [0.5, 0.6) is 0 Å². The van der Waals surface area contributed by atoms with E-state index in [1.54, 1.807) is 48.5 Å². The maximum absolute atomic E-state index is 10.4. The minimum Gasteiger partial charge on any atom is -0.744 e. The molecule has 0 fully saturated rings. The number of fused-ring (bicyclic) bond motifs is 8. The summed E-state index contributed by atoms with van der Waals surface area (Å²) < 4.78 is 128. The van der Waals surface area contributed by atoms with Crippen molar-refractivity contribution in [3.63, 3.8) is 0 Å². The van der Waals surface area contributed by atoms with Crippen LogP contribution in [0.2, 0.25) is 0 Å². The molecule has 108 heavy (non-hydrogen) atoms. The van der Waals surface area contributed by atoms with Crippen molar-refractivity contribution in [1.29, 1.82) is 0 Å². The van der Waals surface area contributed by atoms with Crippen LogP contribution in [0.25, 0.3) is 90.9 Å². The van der Waals surface area contributed by atoms with Gasteiger partial charge in [-0.25, -0.2) is 43.6 Å². The summed E-state index contributed by atoms with van der Waals surface area (Å²) >= 11 is 0. The number of hydrogen-bond donors (Lipinski definition) is 2. The Labute approximate surface area is 635 Å². The smallest absolute Gasteiger partial charge is 0.132 e. The second kappa shape index (κ2) is 32.3. The molecule has 0 spiro atoms. The number of quaternary nitrogens is 4. The molecule has 13 rings (SSSR count). The monoisotopic (exact) mass is 1530 g/mol. The van der Waals surface area contributed by atoms with Gasteiger partial charge in [0.2, 0.25) is 0 Å². The Morgan fingerprint density at radius 2 is 0.398 bits per heavy atom. The minimum absolute atomic E-state index is 0.178. The molecule has 2 aliphatic rings. The van der Waals surface area contributed by atoms with Crippen molar-refractivity contribution in [3.05, 3.63) is 263 Å². The summed E-state index contributed by atoms with van der Waals surface area (Å²) in [5.74, 6) is 0. The Bertz CT molecular complexity index is 5090. The van der Waals surface area contributed by atoms with Gasteiger partial charge in [0.25, 0.3) is 0 Å². The van der Waals surface area contributed by atoms with E-state index in [4.69, 9.17) is 9.97 Å². The molecule has 0 amide bonds. The lowest BCUT2D eigenvalue weighted by Gasteiger charge is -2.23. The molecule has 3 aromatic heterocycles. The predicted molar refractivity (Wildman–Crippen MR) is 435 cm³/mol. The van der Waals surface area contributed by atoms with Gasteiger partial charge in [-0.1, -0.05) is 70.8 Å². The molecule has 0 saturated carbocycles. The highest BCUT2D eigenvalue weighted by Crippen LogP contribution is 2.40. The Hall–Kier alpha value is -10.2. The maximum atomic E-state index is 10.4. The molecule has 562 valence electrons. The van der Waals surface area contributed by atoms with Crippen molar-refractivity contribution in [1.82, 2.24) is 37.9 Å². The van der Waals surface area contributed by atoms with Crippen LogP contribution >= 0.6 is 0 Å². The second-order valence-corrected chi connectivity index (χ2v) is 35.3. The topological polar surface area (TPSA) is 286 Å². The molecule has 5 heterocycles. The maximum Gasteiger partial charge on any atom is 0.132 e. The van der Waals surface area contributed by atoms with E-state index in [9.17, 15) is 51.9 Å². The predicted octanol–water partition coefficient (Wildman–Crippen LogP) is 15.7. The average molecular weight is 1530 g/mol. The number of nitrogens with zero attached hydrogens (tertiary/aromatic N) is 6. The van der Waals surface area contributed by atoms with E-state index in [1.807, 2.05) is 27.7 Å². The summed E-state index contributed by atoms with van der Waals surface area (Å²) in [5, 5.41) is 0. The fraction of sp³-hybridized carbons (Fsp3) is 0.190. The number of rotatable bonds is 12. The fourth-order valence-corrected chi connectivity index (χ4v) is 13.4. The summed E-state index contributed by atoms with van der Waals surface area (Å²) in [7, 11) is 9.30. The number of aryl methyl sites for hydroxylation is 4. The van der Waals surface area contributed by atoms with Gasteiger partial charge in [0, 0.05) is 44.3 Å². The van der Waals surface area contributed by atoms with Crippen molar-refractivity contribution < 1.29 is 51.9 Å². The highest BCUT2D eigenvalue weighted by molar-refractivity contribution is 7.86. The number of hydrogen-bond acceptors (Lipinski definition) is 14. The standard InChI is InChI=1S/C56H62N8.4C7H8O3S/c1-61(2,3)41-21-13-37(14-22-41)53-45-29-31-47(57-45)54(38-15-23-42(24-16-38)62(4,5)6)49-33-35-51(59-49)56(40-19-27-44(28-20-40)64(10,11)12)52-36-34-50(60-52)55(48-32-30-46(53)58-48)39-17-25-43(26-18-39)63(7,8)9;4*1-6-2-4-7(5-3-6)11(8,9)10/h13-36,57,60H,1-12H3;4*2-5H,1H3,(H,8,9,10)/q+4;;;;/p-4. The van der Waals surface area contributed by atoms with E-state index in [-0.39, 0.29) is 19.6 Å². The zero-order valence-electron chi connectivity index (χ0n) is 63.3. The van der Waals surface area contributed by atoms with Crippen molar-refractivity contribution in [3.8, 4) is 44.5 Å². The SMILES string of the molecule is C[N+](C)(C)c1ccc(-c2c3nc(c(-c4ccc([N+](C)(C)C)cc4)c4ccc([nH]4)c(-c4ccc([N+](C)(C)C)cc4)c4nc(c(-c5ccc([N+](C)(C)C)cc5)c5ccc2[nH]5)C=C4)C=C3)cc1.Cc1ccc(S(=O)(=O)[O-])cc1.Cc1ccc(S(=O)(=O)[O-])cc1.Cc1ccc(S(=O)(=O)[O-])cc1.Cc1ccc(S(=O)(=O)[O-])cc1. The summed E-state index contributed by atoms with van der Waals surface area (Å²) in [6.45, 7) is 7.28. The van der Waals surface area contributed by atoms with Crippen LogP contribution in [0.1, 0.15) is 45.0 Å². The lowest BCUT2D eigenvalue weighted by molar-refractivity contribution is 0.461. The molecule has 0 saturated heterocycles. The van der Waals surface area contributed by atoms with Crippen LogP contribution in [0.15, 0.2) is 238 Å². The van der Waals surface area contributed by atoms with Gasteiger partial charge in [-0.05, 0) is 244 Å². The van der Waals surface area contributed by atoms with Crippen molar-refractivity contribution in [2.45, 2.75) is 47.3 Å². The largest absolute Gasteiger partial charge is 0.744 e. The number of H-pyrrole nitrogens is 2. The first-order valence-corrected chi connectivity index (χ1v) is 39.8. The molecular weight excluding hydrogens is 1440 g/mol. The molecule has 8 aromatic carbocycles. The van der Waals surface area contributed by atoms with Crippen LogP contribution in [0, 0.1) is 27.7 Å². The van der Waals surface area contributed by atoms with Crippen molar-refractivity contribution in [2.75, 3.05) is 84.6 Å². The number of aromatic amines is 2. The molecule has 0 radical (unpaired) electrons. The number of aromatic nitrogens is 4. The third-order valence-electron chi connectivity index (χ3n) is 17.7. The fourth-order valence-electron chi connectivity index (χ4n) is 11.5. The van der Waals surface area contributed by atoms with Gasteiger partial charge in [0.15, 0.2) is 0 Å². The third-order valence-corrected chi connectivity index (χ3v) is 21.1. The highest BCUT2D eigenvalue weighted by atomic mass is 32.2. The molecule has 0 aliphatic carbocycles. The summed E-state index contributed by atoms with van der Waals surface area (Å²) in [6.07, 6.45) is 8.69. The summed E-state index contributed by atoms with van der Waals surface area (Å²) in [6, 6.07) is 67.6. The number of nitrogens with one attached hydrogen (secondary N) is 2. The molecule has 0 unspecified atom stereocenters. The first-order chi connectivity index (χ1) is 50.2. The van der Waals surface area contributed by atoms with Crippen LogP contribution in [-0.2, 0) is 40.5 Å². The number of benzene rings is 8. The zero-order chi connectivity index (χ0) is 79.3. The molecule has 24 heteroatoms. The molecule has 2 aliphatic heterocycles. The highest BCUT2D eigenvalue weighted by Gasteiger charge is 2.23. The van der Waals surface area contributed by atoms with E-state index >= 15 is 0 Å². The summed E-state index contributed by atoms with van der Waals surface area (Å²) in [4.78, 5) is 18.2. The second-order valence-electron chi connectivity index (χ2n) is 29.8. The van der Waals surface area contributed by atoms with Crippen molar-refractivity contribution in [2.24, 2.45) is 0 Å². The van der Waals surface area contributed by atoms with E-state index in [1.165, 1.54) is 71.3 Å². The minimum atomic E-state index is -4.27. The first-order valence-electron chi connectivity index (χ1n) is 34.2. The average Bonchev–Trinajstić information content (AvgIpc) is 1.60. The lowest BCUT2D eigenvalue weighted by Crippen LogP contribution is -2.34. The van der Waals surface area contributed by atoms with Gasteiger partial charge < -0.3 is 28.2 Å². The van der Waals surface area contributed by atoms with Gasteiger partial charge in [-0.3, -0.25) is 17.9 Å². The lowest BCUT2D eigenvalue weighted by atomic mass is 10.0. The Kier molecular flexibility index (Phi) is 24.5. The first kappa shape index (κ1) is 81.9. The van der Waals surface area contributed by atoms with Crippen LogP contribution < -0.4 is 17.9 Å². The Morgan fingerprint density at radius 1 is 0.241 bits per heavy atom. The molecular formula is C84H90N8O12S4. The molecule has 8 bridgehead atoms. The molecule has 0 atom stereocenters. The van der Waals surface area contributed by atoms with E-state index in [2.05, 4.69) is 240 Å². The Balaban J connectivity index is 0.000000242. The van der Waals surface area contributed by atoms with Gasteiger partial charge in [0.1, 0.15) is 63.2 Å². The van der Waals surface area contributed by atoms with Gasteiger partial charge in [-0.2, -0.15) is 0 Å².